The molecule has 0 atom stereocenters. The maximum absolute atomic E-state index is 13.0. The highest BCUT2D eigenvalue weighted by Crippen LogP contribution is 2.32. The predicted molar refractivity (Wildman–Crippen MR) is 85.0 cm³/mol. The number of benzene rings is 1. The molecule has 0 aliphatic heterocycles. The molecule has 0 radical (unpaired) electrons. The Morgan fingerprint density at radius 3 is 2.31 bits per heavy atom. The molecule has 0 aliphatic carbocycles. The highest BCUT2D eigenvalue weighted by atomic mass is 35.5. The van der Waals surface area contributed by atoms with Crippen molar-refractivity contribution in [2.75, 3.05) is 6.54 Å². The molecule has 2 N–H and O–H groups in total. The first-order chi connectivity index (χ1) is 12.0. The minimum absolute atomic E-state index is 0.0197. The number of pyridine rings is 1. The van der Waals surface area contributed by atoms with Crippen molar-refractivity contribution in [2.45, 2.75) is 18.8 Å². The number of aliphatic imine (C=N–C) groups is 1. The van der Waals surface area contributed by atoms with Crippen LogP contribution in [0.15, 0.2) is 41.5 Å². The zero-order valence-electron chi connectivity index (χ0n) is 13.0. The minimum atomic E-state index is -4.59. The van der Waals surface area contributed by atoms with Gasteiger partial charge in [-0.05, 0) is 12.1 Å². The van der Waals surface area contributed by atoms with Crippen LogP contribution in [0.25, 0.3) is 0 Å². The van der Waals surface area contributed by atoms with Crippen LogP contribution < -0.4 is 5.73 Å². The van der Waals surface area contributed by atoms with Gasteiger partial charge in [-0.2, -0.15) is 26.3 Å². The molecule has 2 rings (SSSR count). The van der Waals surface area contributed by atoms with E-state index in [4.69, 9.17) is 17.3 Å². The Bertz CT molecular complexity index is 814. The van der Waals surface area contributed by atoms with Gasteiger partial charge in [-0.25, -0.2) is 0 Å². The Morgan fingerprint density at radius 2 is 1.73 bits per heavy atom. The molecule has 0 saturated heterocycles. The topological polar surface area (TPSA) is 51.3 Å². The van der Waals surface area contributed by atoms with Gasteiger partial charge in [-0.3, -0.25) is 9.98 Å². The maximum Gasteiger partial charge on any atom is 0.417 e. The van der Waals surface area contributed by atoms with Crippen LogP contribution in [0.3, 0.4) is 0 Å². The van der Waals surface area contributed by atoms with E-state index in [-0.39, 0.29) is 35.1 Å². The Kier molecular flexibility index (Phi) is 5.80. The summed E-state index contributed by atoms with van der Waals surface area (Å²) < 4.78 is 76.5. The van der Waals surface area contributed by atoms with Crippen molar-refractivity contribution in [2.24, 2.45) is 10.7 Å². The molecule has 2 aromatic rings. The number of hydrogen-bond acceptors (Lipinski definition) is 2. The molecule has 0 amide bonds. The number of hydrogen-bond donors (Lipinski definition) is 1. The van der Waals surface area contributed by atoms with Crippen LogP contribution in [0, 0.1) is 0 Å². The molecular formula is C16H12ClF6N3. The average molecular weight is 396 g/mol. The van der Waals surface area contributed by atoms with E-state index in [2.05, 4.69) is 9.98 Å². The fourth-order valence-electron chi connectivity index (χ4n) is 2.13. The van der Waals surface area contributed by atoms with Crippen molar-refractivity contribution in [1.29, 1.82) is 0 Å². The third kappa shape index (κ3) is 4.87. The molecule has 0 unspecified atom stereocenters. The lowest BCUT2D eigenvalue weighted by molar-refractivity contribution is -0.138. The van der Waals surface area contributed by atoms with E-state index in [1.54, 1.807) is 0 Å². The Balaban J connectivity index is 2.15. The second-order valence-corrected chi connectivity index (χ2v) is 5.62. The van der Waals surface area contributed by atoms with E-state index in [9.17, 15) is 26.3 Å². The molecule has 0 spiro atoms. The third-order valence-electron chi connectivity index (χ3n) is 3.38. The molecule has 1 heterocycles. The van der Waals surface area contributed by atoms with Crippen LogP contribution in [0.4, 0.5) is 26.3 Å². The molecular weight excluding hydrogens is 384 g/mol. The minimum Gasteiger partial charge on any atom is -0.383 e. The number of nitrogens with zero attached hydrogens (tertiary/aromatic N) is 2. The van der Waals surface area contributed by atoms with Crippen molar-refractivity contribution in [1.82, 2.24) is 4.98 Å². The monoisotopic (exact) mass is 395 g/mol. The molecule has 0 saturated carbocycles. The van der Waals surface area contributed by atoms with E-state index in [0.717, 1.165) is 12.1 Å². The first kappa shape index (κ1) is 20.0. The van der Waals surface area contributed by atoms with E-state index in [1.165, 1.54) is 18.2 Å². The summed E-state index contributed by atoms with van der Waals surface area (Å²) in [4.78, 5) is 7.48. The molecule has 0 bridgehead atoms. The summed E-state index contributed by atoms with van der Waals surface area (Å²) in [6, 6.07) is 5.42. The highest BCUT2D eigenvalue weighted by molar-refractivity contribution is 6.31. The Labute approximate surface area is 149 Å². The van der Waals surface area contributed by atoms with Gasteiger partial charge < -0.3 is 5.73 Å². The SMILES string of the molecule is NC(=NCCc1ncc(C(F)(F)F)cc1Cl)c1ccccc1C(F)(F)F. The molecule has 140 valence electrons. The van der Waals surface area contributed by atoms with E-state index >= 15 is 0 Å². The van der Waals surface area contributed by atoms with E-state index in [0.29, 0.717) is 6.20 Å². The van der Waals surface area contributed by atoms with Crippen LogP contribution in [-0.2, 0) is 18.8 Å². The second kappa shape index (κ2) is 7.53. The van der Waals surface area contributed by atoms with Gasteiger partial charge in [0.15, 0.2) is 0 Å². The lowest BCUT2D eigenvalue weighted by atomic mass is 10.1. The van der Waals surface area contributed by atoms with Crippen molar-refractivity contribution < 1.29 is 26.3 Å². The summed E-state index contributed by atoms with van der Waals surface area (Å²) >= 11 is 5.76. The lowest BCUT2D eigenvalue weighted by Gasteiger charge is -2.12. The molecule has 1 aromatic heterocycles. The molecule has 10 heteroatoms. The van der Waals surface area contributed by atoms with Gasteiger partial charge >= 0.3 is 12.4 Å². The molecule has 0 aliphatic rings. The summed E-state index contributed by atoms with van der Waals surface area (Å²) in [5.41, 5.74) is 3.57. The second-order valence-electron chi connectivity index (χ2n) is 5.21. The lowest BCUT2D eigenvalue weighted by Crippen LogP contribution is -2.20. The molecule has 26 heavy (non-hydrogen) atoms. The van der Waals surface area contributed by atoms with Crippen molar-refractivity contribution in [3.8, 4) is 0 Å². The van der Waals surface area contributed by atoms with Gasteiger partial charge in [0.25, 0.3) is 0 Å². The van der Waals surface area contributed by atoms with Crippen LogP contribution in [0.2, 0.25) is 5.02 Å². The highest BCUT2D eigenvalue weighted by Gasteiger charge is 2.34. The maximum atomic E-state index is 13.0. The average Bonchev–Trinajstić information content (AvgIpc) is 2.54. The number of aromatic nitrogens is 1. The fourth-order valence-corrected chi connectivity index (χ4v) is 2.39. The number of nitrogens with two attached hydrogens (primary N) is 1. The van der Waals surface area contributed by atoms with Gasteiger partial charge in [0.05, 0.1) is 21.8 Å². The number of halogens is 7. The first-order valence-corrected chi connectivity index (χ1v) is 7.56. The fraction of sp³-hybridized carbons (Fsp3) is 0.250. The largest absolute Gasteiger partial charge is 0.417 e. The first-order valence-electron chi connectivity index (χ1n) is 7.18. The zero-order valence-corrected chi connectivity index (χ0v) is 13.8. The summed E-state index contributed by atoms with van der Waals surface area (Å²) in [5, 5.41) is -0.204. The third-order valence-corrected chi connectivity index (χ3v) is 3.71. The van der Waals surface area contributed by atoms with Crippen LogP contribution in [-0.4, -0.2) is 17.4 Å². The standard InChI is InChI=1S/C16H12ClF6N3/c17-12-7-9(15(18,19)20)8-26-13(12)5-6-25-14(24)10-3-1-2-4-11(10)16(21,22)23/h1-4,7-8H,5-6H2,(H2,24,25). The Hall–Kier alpha value is -2.29. The van der Waals surface area contributed by atoms with Gasteiger partial charge in [0, 0.05) is 24.7 Å². The van der Waals surface area contributed by atoms with Crippen molar-refractivity contribution in [3.05, 3.63) is 63.9 Å². The number of alkyl halides is 6. The number of rotatable bonds is 4. The predicted octanol–water partition coefficient (Wildman–Crippen LogP) is 4.72. The Morgan fingerprint density at radius 1 is 1.08 bits per heavy atom. The summed E-state index contributed by atoms with van der Waals surface area (Å²) in [6.07, 6.45) is -8.51. The molecule has 1 aromatic carbocycles. The normalized spacial score (nSPS) is 13.1. The van der Waals surface area contributed by atoms with Crippen molar-refractivity contribution >= 4 is 17.4 Å². The van der Waals surface area contributed by atoms with E-state index in [1.807, 2.05) is 0 Å². The smallest absolute Gasteiger partial charge is 0.383 e. The molecule has 0 fully saturated rings. The zero-order chi connectivity index (χ0) is 19.5. The van der Waals surface area contributed by atoms with E-state index < -0.39 is 23.5 Å². The van der Waals surface area contributed by atoms with Crippen LogP contribution in [0.1, 0.15) is 22.4 Å². The summed E-state index contributed by atoms with van der Waals surface area (Å²) in [6.45, 7) is -0.0872. The quantitative estimate of drug-likeness (QED) is 0.462. The summed E-state index contributed by atoms with van der Waals surface area (Å²) in [7, 11) is 0. The van der Waals surface area contributed by atoms with Gasteiger partial charge in [0.2, 0.25) is 0 Å². The van der Waals surface area contributed by atoms with Crippen molar-refractivity contribution in [3.63, 3.8) is 0 Å². The summed E-state index contributed by atoms with van der Waals surface area (Å²) in [5.74, 6) is -0.332. The van der Waals surface area contributed by atoms with Crippen LogP contribution in [0.5, 0.6) is 0 Å². The van der Waals surface area contributed by atoms with Crippen LogP contribution >= 0.6 is 11.6 Å². The molecule has 3 nitrogen and oxygen atoms in total. The number of amidine groups is 1. The van der Waals surface area contributed by atoms with Gasteiger partial charge in [-0.1, -0.05) is 29.8 Å². The van der Waals surface area contributed by atoms with Gasteiger partial charge in [-0.15, -0.1) is 0 Å². The van der Waals surface area contributed by atoms with Gasteiger partial charge in [0.1, 0.15) is 5.84 Å².